The lowest BCUT2D eigenvalue weighted by atomic mass is 10.3. The summed E-state index contributed by atoms with van der Waals surface area (Å²) in [6.07, 6.45) is 1.02. The van der Waals surface area contributed by atoms with E-state index in [0.717, 1.165) is 19.5 Å². The van der Waals surface area contributed by atoms with Gasteiger partial charge in [0, 0.05) is 19.2 Å². The molecular weight excluding hydrogens is 356 g/mol. The Hall–Kier alpha value is -2.17. The summed E-state index contributed by atoms with van der Waals surface area (Å²) < 4.78 is 27.3. The minimum Gasteiger partial charge on any atom is -0.343 e. The summed E-state index contributed by atoms with van der Waals surface area (Å²) in [6, 6.07) is 5.95. The molecule has 2 rings (SSSR count). The highest BCUT2D eigenvalue weighted by molar-refractivity contribution is 7.90. The minimum absolute atomic E-state index is 0.101. The molecule has 10 heteroatoms. The Morgan fingerprint density at radius 1 is 1.31 bits per heavy atom. The number of guanidine groups is 1. The first kappa shape index (κ1) is 20.1. The van der Waals surface area contributed by atoms with Gasteiger partial charge in [-0.05, 0) is 51.3 Å². The average Bonchev–Trinajstić information content (AvgIpc) is 2.56. The van der Waals surface area contributed by atoms with Gasteiger partial charge in [-0.3, -0.25) is 9.69 Å². The van der Waals surface area contributed by atoms with E-state index in [1.807, 2.05) is 14.1 Å². The van der Waals surface area contributed by atoms with E-state index < -0.39 is 10.0 Å². The van der Waals surface area contributed by atoms with Crippen LogP contribution in [0.15, 0.2) is 34.2 Å². The fourth-order valence-electron chi connectivity index (χ4n) is 2.40. The SMILES string of the molecule is CC(=O)Nc1ccc(S(=O)(=O)NC2=NCN(CCCN(C)C)CN2)cc1. The molecule has 0 saturated heterocycles. The maximum Gasteiger partial charge on any atom is 0.264 e. The Morgan fingerprint density at radius 2 is 2.00 bits per heavy atom. The van der Waals surface area contributed by atoms with Gasteiger partial charge < -0.3 is 15.5 Å². The highest BCUT2D eigenvalue weighted by Gasteiger charge is 2.19. The van der Waals surface area contributed by atoms with Crippen LogP contribution in [0, 0.1) is 0 Å². The fraction of sp³-hybridized carbons (Fsp3) is 0.500. The van der Waals surface area contributed by atoms with Crippen LogP contribution in [0.1, 0.15) is 13.3 Å². The lowest BCUT2D eigenvalue weighted by molar-refractivity contribution is -0.114. The number of hydrogen-bond acceptors (Lipinski definition) is 7. The Morgan fingerprint density at radius 3 is 2.54 bits per heavy atom. The summed E-state index contributed by atoms with van der Waals surface area (Å²) >= 11 is 0. The molecule has 9 nitrogen and oxygen atoms in total. The van der Waals surface area contributed by atoms with E-state index in [2.05, 4.69) is 30.1 Å². The van der Waals surface area contributed by atoms with Crippen LogP contribution < -0.4 is 15.4 Å². The standard InChI is InChI=1S/C16H26N6O3S/c1-13(23)19-14-5-7-15(8-6-14)26(24,25)20-16-17-11-22(12-18-16)10-4-9-21(2)3/h5-8H,4,9-12H2,1-3H3,(H,19,23)(H2,17,18,20). The first-order chi connectivity index (χ1) is 12.3. The Bertz CT molecular complexity index is 746. The second-order valence-electron chi connectivity index (χ2n) is 6.35. The molecule has 0 unspecified atom stereocenters. The molecule has 0 bridgehead atoms. The monoisotopic (exact) mass is 382 g/mol. The second kappa shape index (κ2) is 8.97. The van der Waals surface area contributed by atoms with Gasteiger partial charge in [0.2, 0.25) is 11.9 Å². The van der Waals surface area contributed by atoms with Crippen molar-refractivity contribution in [1.29, 1.82) is 0 Å². The van der Waals surface area contributed by atoms with Crippen molar-refractivity contribution in [1.82, 2.24) is 19.8 Å². The fourth-order valence-corrected chi connectivity index (χ4v) is 3.40. The van der Waals surface area contributed by atoms with Crippen LogP contribution in [-0.2, 0) is 14.8 Å². The highest BCUT2D eigenvalue weighted by atomic mass is 32.2. The summed E-state index contributed by atoms with van der Waals surface area (Å²) in [6.45, 7) is 4.26. The van der Waals surface area contributed by atoms with Crippen molar-refractivity contribution in [3.05, 3.63) is 24.3 Å². The first-order valence-electron chi connectivity index (χ1n) is 8.32. The molecule has 1 aliphatic rings. The quantitative estimate of drug-likeness (QED) is 0.615. The molecule has 0 aromatic heterocycles. The van der Waals surface area contributed by atoms with Crippen LogP contribution in [0.5, 0.6) is 0 Å². The van der Waals surface area contributed by atoms with Crippen molar-refractivity contribution in [3.8, 4) is 0 Å². The average molecular weight is 382 g/mol. The number of aliphatic imine (C=N–C) groups is 1. The maximum absolute atomic E-state index is 12.4. The molecule has 0 spiro atoms. The van der Waals surface area contributed by atoms with Crippen molar-refractivity contribution in [2.24, 2.45) is 4.99 Å². The smallest absolute Gasteiger partial charge is 0.264 e. The predicted molar refractivity (Wildman–Crippen MR) is 101 cm³/mol. The lowest BCUT2D eigenvalue weighted by Gasteiger charge is -2.27. The van der Waals surface area contributed by atoms with Crippen LogP contribution >= 0.6 is 0 Å². The molecule has 3 N–H and O–H groups in total. The van der Waals surface area contributed by atoms with Crippen LogP contribution in [0.3, 0.4) is 0 Å². The Balaban J connectivity index is 1.91. The normalized spacial score (nSPS) is 15.3. The van der Waals surface area contributed by atoms with Crippen molar-refractivity contribution in [2.45, 2.75) is 18.2 Å². The molecular formula is C16H26N6O3S. The number of anilines is 1. The minimum atomic E-state index is -3.73. The van der Waals surface area contributed by atoms with Crippen LogP contribution in [0.25, 0.3) is 0 Å². The van der Waals surface area contributed by atoms with Gasteiger partial charge in [-0.1, -0.05) is 0 Å². The third-order valence-corrected chi connectivity index (χ3v) is 5.05. The highest BCUT2D eigenvalue weighted by Crippen LogP contribution is 2.14. The molecule has 144 valence electrons. The van der Waals surface area contributed by atoms with E-state index in [0.29, 0.717) is 19.0 Å². The maximum atomic E-state index is 12.4. The number of carbonyl (C=O) groups excluding carboxylic acids is 1. The van der Waals surface area contributed by atoms with E-state index in [1.54, 1.807) is 12.1 Å². The van der Waals surface area contributed by atoms with Gasteiger partial charge in [-0.15, -0.1) is 0 Å². The summed E-state index contributed by atoms with van der Waals surface area (Å²) in [7, 11) is 0.328. The van der Waals surface area contributed by atoms with Gasteiger partial charge in [-0.25, -0.2) is 18.1 Å². The van der Waals surface area contributed by atoms with Crippen LogP contribution in [0.4, 0.5) is 5.69 Å². The number of amides is 1. The van der Waals surface area contributed by atoms with Gasteiger partial charge in [0.1, 0.15) is 0 Å². The zero-order valence-electron chi connectivity index (χ0n) is 15.3. The summed E-state index contributed by atoms with van der Waals surface area (Å²) in [5.74, 6) is 0.0226. The molecule has 1 aromatic rings. The zero-order valence-corrected chi connectivity index (χ0v) is 16.1. The van der Waals surface area contributed by atoms with Gasteiger partial charge in [0.05, 0.1) is 18.2 Å². The molecule has 0 saturated carbocycles. The molecule has 0 fully saturated rings. The predicted octanol–water partition coefficient (Wildman–Crippen LogP) is 0.0512. The first-order valence-corrected chi connectivity index (χ1v) is 9.80. The zero-order chi connectivity index (χ0) is 19.2. The third-order valence-electron chi connectivity index (χ3n) is 3.69. The van der Waals surface area contributed by atoms with E-state index in [-0.39, 0.29) is 16.8 Å². The van der Waals surface area contributed by atoms with Crippen LogP contribution in [0.2, 0.25) is 0 Å². The third kappa shape index (κ3) is 6.28. The second-order valence-corrected chi connectivity index (χ2v) is 8.03. The molecule has 0 aliphatic carbocycles. The number of nitrogens with one attached hydrogen (secondary N) is 3. The van der Waals surface area contributed by atoms with Gasteiger partial charge in [0.25, 0.3) is 10.0 Å². The summed E-state index contributed by atoms with van der Waals surface area (Å²) in [4.78, 5) is 19.6. The topological polar surface area (TPSA) is 106 Å². The van der Waals surface area contributed by atoms with E-state index in [4.69, 9.17) is 0 Å². The summed E-state index contributed by atoms with van der Waals surface area (Å²) in [5, 5.41) is 5.58. The van der Waals surface area contributed by atoms with Crippen LogP contribution in [-0.4, -0.2) is 70.6 Å². The largest absolute Gasteiger partial charge is 0.343 e. The number of hydrogen-bond donors (Lipinski definition) is 3. The number of benzene rings is 1. The molecule has 1 aliphatic heterocycles. The Kier molecular flexibility index (Phi) is 6.95. The van der Waals surface area contributed by atoms with Crippen molar-refractivity contribution in [3.63, 3.8) is 0 Å². The van der Waals surface area contributed by atoms with E-state index in [9.17, 15) is 13.2 Å². The number of rotatable bonds is 7. The van der Waals surface area contributed by atoms with E-state index in [1.165, 1.54) is 19.1 Å². The molecule has 0 atom stereocenters. The van der Waals surface area contributed by atoms with Crippen molar-refractivity contribution < 1.29 is 13.2 Å². The molecule has 0 radical (unpaired) electrons. The van der Waals surface area contributed by atoms with Crippen molar-refractivity contribution in [2.75, 3.05) is 45.8 Å². The van der Waals surface area contributed by atoms with Gasteiger partial charge >= 0.3 is 0 Å². The number of nitrogens with zero attached hydrogens (tertiary/aromatic N) is 3. The molecule has 1 aromatic carbocycles. The number of carbonyl (C=O) groups is 1. The Labute approximate surface area is 154 Å². The van der Waals surface area contributed by atoms with Gasteiger partial charge in [-0.2, -0.15) is 0 Å². The molecule has 1 heterocycles. The lowest BCUT2D eigenvalue weighted by Crippen LogP contribution is -2.50. The number of sulfonamides is 1. The van der Waals surface area contributed by atoms with Gasteiger partial charge in [0.15, 0.2) is 0 Å². The summed E-state index contributed by atoms with van der Waals surface area (Å²) in [5.41, 5.74) is 0.540. The van der Waals surface area contributed by atoms with Crippen molar-refractivity contribution >= 4 is 27.6 Å². The van der Waals surface area contributed by atoms with E-state index >= 15 is 0 Å². The molecule has 1 amide bonds. The molecule has 26 heavy (non-hydrogen) atoms.